The highest BCUT2D eigenvalue weighted by Crippen LogP contribution is 2.24. The van der Waals surface area contributed by atoms with E-state index in [9.17, 15) is 0 Å². The second-order valence-corrected chi connectivity index (χ2v) is 6.06. The van der Waals surface area contributed by atoms with Gasteiger partial charge in [-0.25, -0.2) is 0 Å². The Hall–Kier alpha value is -0.800. The Kier molecular flexibility index (Phi) is 4.39. The lowest BCUT2D eigenvalue weighted by atomic mass is 9.89. The molecule has 0 aliphatic carbocycles. The van der Waals surface area contributed by atoms with E-state index < -0.39 is 0 Å². The fourth-order valence-corrected chi connectivity index (χ4v) is 1.85. The summed E-state index contributed by atoms with van der Waals surface area (Å²) < 4.78 is 5.72. The summed E-state index contributed by atoms with van der Waals surface area (Å²) in [4.78, 5) is 0. The van der Waals surface area contributed by atoms with Gasteiger partial charge >= 0.3 is 0 Å². The standard InChI is InChI=1S/C14H26N2O/c1-11-7-8-12(17-11)13(2,3)9-16-14(4,5)10-15-6/h7-8,15-16H,9-10H2,1-6H3. The molecule has 98 valence electrons. The number of aryl methyl sites for hydroxylation is 1. The van der Waals surface area contributed by atoms with E-state index >= 15 is 0 Å². The van der Waals surface area contributed by atoms with Gasteiger partial charge in [0.15, 0.2) is 0 Å². The van der Waals surface area contributed by atoms with Crippen molar-refractivity contribution in [2.45, 2.75) is 45.6 Å². The zero-order chi connectivity index (χ0) is 13.1. The third-order valence-corrected chi connectivity index (χ3v) is 3.03. The lowest BCUT2D eigenvalue weighted by Crippen LogP contribution is -2.50. The number of rotatable bonds is 6. The van der Waals surface area contributed by atoms with Gasteiger partial charge < -0.3 is 15.1 Å². The minimum absolute atomic E-state index is 0.0132. The molecule has 1 rings (SSSR count). The topological polar surface area (TPSA) is 37.2 Å². The predicted octanol–water partition coefficient (Wildman–Crippen LogP) is 2.45. The summed E-state index contributed by atoms with van der Waals surface area (Å²) in [5.41, 5.74) is 0.104. The summed E-state index contributed by atoms with van der Waals surface area (Å²) in [6.45, 7) is 12.6. The summed E-state index contributed by atoms with van der Waals surface area (Å²) in [7, 11) is 1.98. The van der Waals surface area contributed by atoms with Gasteiger partial charge in [0.2, 0.25) is 0 Å². The van der Waals surface area contributed by atoms with E-state index in [0.29, 0.717) is 0 Å². The van der Waals surface area contributed by atoms with Crippen LogP contribution in [0.25, 0.3) is 0 Å². The molecule has 0 spiro atoms. The van der Waals surface area contributed by atoms with Crippen LogP contribution in [0, 0.1) is 6.92 Å². The Bertz CT molecular complexity index is 353. The summed E-state index contributed by atoms with van der Waals surface area (Å²) in [6, 6.07) is 4.10. The van der Waals surface area contributed by atoms with Crippen molar-refractivity contribution in [1.29, 1.82) is 0 Å². The minimum atomic E-state index is 0.0132. The molecule has 0 amide bonds. The minimum Gasteiger partial charge on any atom is -0.466 e. The van der Waals surface area contributed by atoms with Crippen molar-refractivity contribution in [3.63, 3.8) is 0 Å². The molecule has 2 N–H and O–H groups in total. The van der Waals surface area contributed by atoms with Crippen LogP contribution in [-0.4, -0.2) is 25.7 Å². The first-order valence-corrected chi connectivity index (χ1v) is 6.23. The zero-order valence-electron chi connectivity index (χ0n) is 12.0. The molecule has 0 aliphatic rings. The van der Waals surface area contributed by atoms with Gasteiger partial charge in [0.25, 0.3) is 0 Å². The van der Waals surface area contributed by atoms with Crippen LogP contribution in [-0.2, 0) is 5.41 Å². The van der Waals surface area contributed by atoms with Gasteiger partial charge in [0, 0.05) is 24.0 Å². The maximum atomic E-state index is 5.72. The van der Waals surface area contributed by atoms with Crippen LogP contribution in [0.5, 0.6) is 0 Å². The average molecular weight is 238 g/mol. The summed E-state index contributed by atoms with van der Waals surface area (Å²) in [5.74, 6) is 2.02. The molecule has 1 aromatic rings. The smallest absolute Gasteiger partial charge is 0.111 e. The Morgan fingerprint density at radius 3 is 2.24 bits per heavy atom. The molecule has 0 radical (unpaired) electrons. The van der Waals surface area contributed by atoms with Crippen molar-refractivity contribution < 1.29 is 4.42 Å². The molecule has 3 heteroatoms. The maximum absolute atomic E-state index is 5.72. The monoisotopic (exact) mass is 238 g/mol. The molecule has 17 heavy (non-hydrogen) atoms. The predicted molar refractivity (Wildman–Crippen MR) is 72.5 cm³/mol. The molecule has 0 saturated carbocycles. The Balaban J connectivity index is 2.61. The summed E-state index contributed by atoms with van der Waals surface area (Å²) in [5, 5.41) is 6.79. The molecule has 0 atom stereocenters. The fourth-order valence-electron chi connectivity index (χ4n) is 1.85. The van der Waals surface area contributed by atoms with Crippen LogP contribution < -0.4 is 10.6 Å². The van der Waals surface area contributed by atoms with Crippen LogP contribution in [0.15, 0.2) is 16.5 Å². The summed E-state index contributed by atoms with van der Waals surface area (Å²) in [6.07, 6.45) is 0. The first kappa shape index (κ1) is 14.3. The van der Waals surface area contributed by atoms with Gasteiger partial charge in [0.1, 0.15) is 11.5 Å². The van der Waals surface area contributed by atoms with Crippen LogP contribution in [0.4, 0.5) is 0 Å². The first-order chi connectivity index (χ1) is 7.77. The van der Waals surface area contributed by atoms with Crippen molar-refractivity contribution in [3.05, 3.63) is 23.7 Å². The lowest BCUT2D eigenvalue weighted by Gasteiger charge is -2.31. The number of hydrogen-bond acceptors (Lipinski definition) is 3. The van der Waals surface area contributed by atoms with E-state index in [4.69, 9.17) is 4.42 Å². The molecular weight excluding hydrogens is 212 g/mol. The Morgan fingerprint density at radius 1 is 1.12 bits per heavy atom. The van der Waals surface area contributed by atoms with Crippen molar-refractivity contribution in [2.24, 2.45) is 0 Å². The molecule has 0 bridgehead atoms. The molecule has 0 saturated heterocycles. The largest absolute Gasteiger partial charge is 0.466 e. The average Bonchev–Trinajstić information content (AvgIpc) is 2.63. The second-order valence-electron chi connectivity index (χ2n) is 6.06. The number of nitrogens with one attached hydrogen (secondary N) is 2. The zero-order valence-corrected chi connectivity index (χ0v) is 12.0. The van der Waals surface area contributed by atoms with Crippen LogP contribution in [0.1, 0.15) is 39.2 Å². The molecule has 1 heterocycles. The molecule has 0 fully saturated rings. The van der Waals surface area contributed by atoms with Crippen LogP contribution in [0.3, 0.4) is 0 Å². The van der Waals surface area contributed by atoms with Gasteiger partial charge in [0.05, 0.1) is 0 Å². The highest BCUT2D eigenvalue weighted by Gasteiger charge is 2.27. The third-order valence-electron chi connectivity index (χ3n) is 3.03. The van der Waals surface area contributed by atoms with Gasteiger partial charge in [-0.15, -0.1) is 0 Å². The van der Waals surface area contributed by atoms with E-state index in [2.05, 4.69) is 44.4 Å². The van der Waals surface area contributed by atoms with E-state index in [-0.39, 0.29) is 11.0 Å². The highest BCUT2D eigenvalue weighted by molar-refractivity contribution is 5.15. The van der Waals surface area contributed by atoms with Crippen LogP contribution in [0.2, 0.25) is 0 Å². The molecule has 0 unspecified atom stereocenters. The van der Waals surface area contributed by atoms with Gasteiger partial charge in [-0.05, 0) is 40.0 Å². The Morgan fingerprint density at radius 2 is 1.76 bits per heavy atom. The molecule has 0 aromatic carbocycles. The van der Waals surface area contributed by atoms with E-state index in [1.165, 1.54) is 0 Å². The molecule has 3 nitrogen and oxygen atoms in total. The second kappa shape index (κ2) is 5.23. The molecule has 0 aliphatic heterocycles. The number of furan rings is 1. The van der Waals surface area contributed by atoms with Crippen molar-refractivity contribution in [1.82, 2.24) is 10.6 Å². The Labute approximate surface area is 105 Å². The lowest BCUT2D eigenvalue weighted by molar-refractivity contribution is 0.300. The van der Waals surface area contributed by atoms with E-state index in [1.54, 1.807) is 0 Å². The van der Waals surface area contributed by atoms with E-state index in [0.717, 1.165) is 24.6 Å². The van der Waals surface area contributed by atoms with Gasteiger partial charge in [-0.1, -0.05) is 13.8 Å². The highest BCUT2D eigenvalue weighted by atomic mass is 16.3. The van der Waals surface area contributed by atoms with Crippen molar-refractivity contribution in [3.8, 4) is 0 Å². The van der Waals surface area contributed by atoms with Crippen LogP contribution >= 0.6 is 0 Å². The van der Waals surface area contributed by atoms with Gasteiger partial charge in [-0.2, -0.15) is 0 Å². The van der Waals surface area contributed by atoms with Gasteiger partial charge in [-0.3, -0.25) is 0 Å². The molecule has 1 aromatic heterocycles. The first-order valence-electron chi connectivity index (χ1n) is 6.23. The van der Waals surface area contributed by atoms with Crippen molar-refractivity contribution in [2.75, 3.05) is 20.1 Å². The van der Waals surface area contributed by atoms with Crippen molar-refractivity contribution >= 4 is 0 Å². The normalized spacial score (nSPS) is 13.1. The number of hydrogen-bond donors (Lipinski definition) is 2. The third kappa shape index (κ3) is 4.17. The molecular formula is C14H26N2O. The quantitative estimate of drug-likeness (QED) is 0.799. The fraction of sp³-hybridized carbons (Fsp3) is 0.714. The van der Waals surface area contributed by atoms with E-state index in [1.807, 2.05) is 20.0 Å². The summed E-state index contributed by atoms with van der Waals surface area (Å²) >= 11 is 0. The number of likely N-dealkylation sites (N-methyl/N-ethyl adjacent to an activating group) is 1. The SMILES string of the molecule is CNCC(C)(C)NCC(C)(C)c1ccc(C)o1. The maximum Gasteiger partial charge on any atom is 0.111 e.